The first-order chi connectivity index (χ1) is 4.85. The van der Waals surface area contributed by atoms with Crippen molar-refractivity contribution in [1.29, 1.82) is 0 Å². The number of rotatable bonds is 6. The SMILES string of the molecule is C=COCCN(C=C)CC. The van der Waals surface area contributed by atoms with Crippen LogP contribution in [0.15, 0.2) is 25.6 Å². The van der Waals surface area contributed by atoms with Crippen LogP contribution in [0.4, 0.5) is 0 Å². The Kier molecular flexibility index (Phi) is 5.63. The second kappa shape index (κ2) is 6.20. The molecule has 0 N–H and O–H groups in total. The van der Waals surface area contributed by atoms with Gasteiger partial charge in [-0.3, -0.25) is 0 Å². The molecule has 0 saturated heterocycles. The lowest BCUT2D eigenvalue weighted by Crippen LogP contribution is -2.20. The third-order valence-corrected chi connectivity index (χ3v) is 1.28. The van der Waals surface area contributed by atoms with Crippen LogP contribution in [-0.2, 0) is 4.74 Å². The first-order valence-corrected chi connectivity index (χ1v) is 3.44. The van der Waals surface area contributed by atoms with Gasteiger partial charge in [0.1, 0.15) is 6.61 Å². The Morgan fingerprint density at radius 1 is 1.50 bits per heavy atom. The van der Waals surface area contributed by atoms with Crippen LogP contribution in [0.2, 0.25) is 0 Å². The Labute approximate surface area is 62.8 Å². The highest BCUT2D eigenvalue weighted by Crippen LogP contribution is 1.87. The van der Waals surface area contributed by atoms with Gasteiger partial charge in [-0.2, -0.15) is 0 Å². The van der Waals surface area contributed by atoms with E-state index in [2.05, 4.69) is 25.0 Å². The summed E-state index contributed by atoms with van der Waals surface area (Å²) < 4.78 is 4.94. The number of likely N-dealkylation sites (N-methyl/N-ethyl adjacent to an activating group) is 1. The Hall–Kier alpha value is -0.920. The molecule has 0 spiro atoms. The topological polar surface area (TPSA) is 12.5 Å². The molecule has 2 nitrogen and oxygen atoms in total. The molecule has 0 bridgehead atoms. The van der Waals surface area contributed by atoms with Crippen molar-refractivity contribution in [2.45, 2.75) is 6.92 Å². The van der Waals surface area contributed by atoms with Gasteiger partial charge < -0.3 is 9.64 Å². The molecule has 0 aromatic carbocycles. The second-order valence-electron chi connectivity index (χ2n) is 1.85. The Morgan fingerprint density at radius 3 is 2.60 bits per heavy atom. The van der Waals surface area contributed by atoms with Crippen LogP contribution >= 0.6 is 0 Å². The van der Waals surface area contributed by atoms with Crippen LogP contribution in [0, 0.1) is 0 Å². The zero-order valence-corrected chi connectivity index (χ0v) is 6.55. The summed E-state index contributed by atoms with van der Waals surface area (Å²) in [5.74, 6) is 0. The van der Waals surface area contributed by atoms with Crippen molar-refractivity contribution < 1.29 is 4.74 Å². The number of nitrogens with zero attached hydrogens (tertiary/aromatic N) is 1. The summed E-state index contributed by atoms with van der Waals surface area (Å²) in [6, 6.07) is 0. The zero-order valence-electron chi connectivity index (χ0n) is 6.55. The van der Waals surface area contributed by atoms with Gasteiger partial charge >= 0.3 is 0 Å². The summed E-state index contributed by atoms with van der Waals surface area (Å²) >= 11 is 0. The molecule has 0 aliphatic rings. The largest absolute Gasteiger partial charge is 0.500 e. The summed E-state index contributed by atoms with van der Waals surface area (Å²) in [5, 5.41) is 0. The van der Waals surface area contributed by atoms with Gasteiger partial charge in [-0.25, -0.2) is 0 Å². The first-order valence-electron chi connectivity index (χ1n) is 3.44. The molecule has 2 heteroatoms. The van der Waals surface area contributed by atoms with E-state index >= 15 is 0 Å². The van der Waals surface area contributed by atoms with Gasteiger partial charge in [0, 0.05) is 6.54 Å². The Bertz CT molecular complexity index is 101. The van der Waals surface area contributed by atoms with E-state index in [0.717, 1.165) is 13.1 Å². The smallest absolute Gasteiger partial charge is 0.105 e. The van der Waals surface area contributed by atoms with Crippen LogP contribution in [0.1, 0.15) is 6.92 Å². The van der Waals surface area contributed by atoms with Crippen molar-refractivity contribution in [2.24, 2.45) is 0 Å². The Morgan fingerprint density at radius 2 is 2.20 bits per heavy atom. The lowest BCUT2D eigenvalue weighted by atomic mass is 10.5. The van der Waals surface area contributed by atoms with E-state index in [1.165, 1.54) is 6.26 Å². The van der Waals surface area contributed by atoms with Crippen LogP contribution in [0.25, 0.3) is 0 Å². The van der Waals surface area contributed by atoms with Gasteiger partial charge in [-0.1, -0.05) is 13.2 Å². The maximum atomic E-state index is 4.94. The maximum Gasteiger partial charge on any atom is 0.105 e. The summed E-state index contributed by atoms with van der Waals surface area (Å²) in [6.45, 7) is 11.7. The molecule has 0 unspecified atom stereocenters. The van der Waals surface area contributed by atoms with E-state index in [1.54, 1.807) is 0 Å². The van der Waals surface area contributed by atoms with Crippen LogP contribution < -0.4 is 0 Å². The molecule has 0 aliphatic carbocycles. The first kappa shape index (κ1) is 9.08. The second-order valence-corrected chi connectivity index (χ2v) is 1.85. The molecule has 58 valence electrons. The van der Waals surface area contributed by atoms with Gasteiger partial charge in [0.25, 0.3) is 0 Å². The minimum atomic E-state index is 0.684. The van der Waals surface area contributed by atoms with Gasteiger partial charge in [-0.05, 0) is 13.1 Å². The average molecular weight is 141 g/mol. The molecular weight excluding hydrogens is 126 g/mol. The number of hydrogen-bond acceptors (Lipinski definition) is 2. The Balaban J connectivity index is 3.25. The van der Waals surface area contributed by atoms with Gasteiger partial charge in [-0.15, -0.1) is 0 Å². The van der Waals surface area contributed by atoms with Crippen molar-refractivity contribution in [3.05, 3.63) is 25.6 Å². The molecular formula is C8H15NO. The molecule has 0 amide bonds. The predicted octanol–water partition coefficient (Wildman–Crippen LogP) is 1.61. The average Bonchev–Trinajstić information content (AvgIpc) is 1.99. The van der Waals surface area contributed by atoms with Gasteiger partial charge in [0.05, 0.1) is 12.8 Å². The summed E-state index contributed by atoms with van der Waals surface area (Å²) in [7, 11) is 0. The molecule has 10 heavy (non-hydrogen) atoms. The minimum absolute atomic E-state index is 0.684. The van der Waals surface area contributed by atoms with Crippen LogP contribution in [0.5, 0.6) is 0 Å². The van der Waals surface area contributed by atoms with Crippen molar-refractivity contribution in [3.8, 4) is 0 Å². The summed E-state index contributed by atoms with van der Waals surface area (Å²) in [5.41, 5.74) is 0. The fourth-order valence-corrected chi connectivity index (χ4v) is 0.632. The molecule has 0 heterocycles. The highest BCUT2D eigenvalue weighted by Gasteiger charge is 1.91. The van der Waals surface area contributed by atoms with E-state index in [9.17, 15) is 0 Å². The third kappa shape index (κ3) is 4.01. The summed E-state index contributed by atoms with van der Waals surface area (Å²) in [4.78, 5) is 2.07. The summed E-state index contributed by atoms with van der Waals surface area (Å²) in [6.07, 6.45) is 3.27. The quantitative estimate of drug-likeness (QED) is 0.411. The van der Waals surface area contributed by atoms with Crippen molar-refractivity contribution >= 4 is 0 Å². The zero-order chi connectivity index (χ0) is 7.82. The predicted molar refractivity (Wildman–Crippen MR) is 43.6 cm³/mol. The molecule has 0 saturated carbocycles. The molecule has 0 rings (SSSR count). The van der Waals surface area contributed by atoms with E-state index in [0.29, 0.717) is 6.61 Å². The van der Waals surface area contributed by atoms with Crippen molar-refractivity contribution in [3.63, 3.8) is 0 Å². The minimum Gasteiger partial charge on any atom is -0.500 e. The van der Waals surface area contributed by atoms with E-state index in [4.69, 9.17) is 4.74 Å². The van der Waals surface area contributed by atoms with E-state index < -0.39 is 0 Å². The molecule has 0 aromatic rings. The van der Waals surface area contributed by atoms with Crippen LogP contribution in [0.3, 0.4) is 0 Å². The molecule has 0 fully saturated rings. The standard InChI is InChI=1S/C8H15NO/c1-4-9(5-2)7-8-10-6-3/h4,6H,1,3,5,7-8H2,2H3. The van der Waals surface area contributed by atoms with Crippen LogP contribution in [-0.4, -0.2) is 24.6 Å². The van der Waals surface area contributed by atoms with Gasteiger partial charge in [0.15, 0.2) is 0 Å². The number of hydrogen-bond donors (Lipinski definition) is 0. The molecule has 0 aromatic heterocycles. The lowest BCUT2D eigenvalue weighted by Gasteiger charge is -2.16. The molecule has 0 radical (unpaired) electrons. The van der Waals surface area contributed by atoms with E-state index in [-0.39, 0.29) is 0 Å². The number of ether oxygens (including phenoxy) is 1. The fraction of sp³-hybridized carbons (Fsp3) is 0.500. The third-order valence-electron chi connectivity index (χ3n) is 1.28. The lowest BCUT2D eigenvalue weighted by molar-refractivity contribution is 0.212. The van der Waals surface area contributed by atoms with Crippen molar-refractivity contribution in [2.75, 3.05) is 19.7 Å². The van der Waals surface area contributed by atoms with Crippen molar-refractivity contribution in [1.82, 2.24) is 4.90 Å². The monoisotopic (exact) mass is 141 g/mol. The highest BCUT2D eigenvalue weighted by molar-refractivity contribution is 4.68. The normalized spacial score (nSPS) is 8.50. The molecule has 0 aliphatic heterocycles. The highest BCUT2D eigenvalue weighted by atomic mass is 16.5. The fourth-order valence-electron chi connectivity index (χ4n) is 0.632. The maximum absolute atomic E-state index is 4.94. The molecule has 0 atom stereocenters. The van der Waals surface area contributed by atoms with Gasteiger partial charge in [0.2, 0.25) is 0 Å². The van der Waals surface area contributed by atoms with E-state index in [1.807, 2.05) is 6.20 Å².